The van der Waals surface area contributed by atoms with Gasteiger partial charge in [-0.2, -0.15) is 5.10 Å². The molecule has 7 nitrogen and oxygen atoms in total. The predicted octanol–water partition coefficient (Wildman–Crippen LogP) is 1.76. The van der Waals surface area contributed by atoms with Gasteiger partial charge < -0.3 is 15.2 Å². The lowest BCUT2D eigenvalue weighted by Gasteiger charge is -2.07. The van der Waals surface area contributed by atoms with Crippen LogP contribution in [0.2, 0.25) is 0 Å². The standard InChI is InChI=1S/C14H13F2N3O4S/c1-2-23-12-8(15)4-3-7(11(12)16)6-17-19-14-18-13(22)9(24-14)5-10(20)21/h3-4,6,9H,2,5H2,1H3,(H,20,21)(H,18,19,22). The molecule has 1 fully saturated rings. The van der Waals surface area contributed by atoms with Crippen LogP contribution in [0.1, 0.15) is 18.9 Å². The fraction of sp³-hybridized carbons (Fsp3) is 0.286. The van der Waals surface area contributed by atoms with Crippen molar-refractivity contribution in [3.8, 4) is 5.75 Å². The molecule has 24 heavy (non-hydrogen) atoms. The molecule has 1 aromatic carbocycles. The first-order chi connectivity index (χ1) is 11.4. The van der Waals surface area contributed by atoms with Gasteiger partial charge in [0, 0.05) is 5.56 Å². The molecule has 0 spiro atoms. The van der Waals surface area contributed by atoms with Gasteiger partial charge in [-0.05, 0) is 19.1 Å². The third-order valence-electron chi connectivity index (χ3n) is 2.85. The first kappa shape index (κ1) is 17.9. The van der Waals surface area contributed by atoms with Crippen LogP contribution in [0.4, 0.5) is 8.78 Å². The van der Waals surface area contributed by atoms with Gasteiger partial charge >= 0.3 is 5.97 Å². The number of carboxylic acid groups (broad SMARTS) is 1. The number of amidine groups is 1. The summed E-state index contributed by atoms with van der Waals surface area (Å²) in [6.45, 7) is 1.70. The molecular formula is C14H13F2N3O4S. The number of halogens is 2. The molecule has 0 radical (unpaired) electrons. The molecule has 1 aliphatic rings. The topological polar surface area (TPSA) is 100 Å². The van der Waals surface area contributed by atoms with E-state index in [1.807, 2.05) is 0 Å². The number of nitrogens with zero attached hydrogens (tertiary/aromatic N) is 2. The molecule has 128 valence electrons. The van der Waals surface area contributed by atoms with Crippen LogP contribution in [0.3, 0.4) is 0 Å². The third kappa shape index (κ3) is 4.28. The van der Waals surface area contributed by atoms with Gasteiger partial charge in [-0.25, -0.2) is 8.78 Å². The van der Waals surface area contributed by atoms with Crippen LogP contribution < -0.4 is 10.1 Å². The third-order valence-corrected chi connectivity index (χ3v) is 3.92. The summed E-state index contributed by atoms with van der Waals surface area (Å²) >= 11 is 0.916. The number of rotatable bonds is 6. The van der Waals surface area contributed by atoms with Crippen molar-refractivity contribution in [3.05, 3.63) is 29.3 Å². The Kier molecular flexibility index (Phi) is 5.85. The second-order valence-electron chi connectivity index (χ2n) is 4.56. The van der Waals surface area contributed by atoms with E-state index in [9.17, 15) is 18.4 Å². The largest absolute Gasteiger partial charge is 0.488 e. The van der Waals surface area contributed by atoms with Crippen molar-refractivity contribution >= 4 is 35.0 Å². The Morgan fingerprint density at radius 3 is 2.92 bits per heavy atom. The minimum absolute atomic E-state index is 0.0411. The Hall–Kier alpha value is -2.49. The van der Waals surface area contributed by atoms with Crippen LogP contribution in [0.15, 0.2) is 22.3 Å². The lowest BCUT2D eigenvalue weighted by molar-refractivity contribution is -0.138. The first-order valence-electron chi connectivity index (χ1n) is 6.83. The van der Waals surface area contributed by atoms with E-state index in [1.54, 1.807) is 6.92 Å². The van der Waals surface area contributed by atoms with E-state index in [2.05, 4.69) is 15.5 Å². The number of nitrogens with one attached hydrogen (secondary N) is 1. The van der Waals surface area contributed by atoms with Crippen molar-refractivity contribution in [3.63, 3.8) is 0 Å². The average molecular weight is 357 g/mol. The van der Waals surface area contributed by atoms with Crippen LogP contribution in [0, 0.1) is 11.6 Å². The Balaban J connectivity index is 2.11. The van der Waals surface area contributed by atoms with Gasteiger partial charge in [-0.3, -0.25) is 9.59 Å². The van der Waals surface area contributed by atoms with Crippen molar-refractivity contribution in [2.75, 3.05) is 6.61 Å². The summed E-state index contributed by atoms with van der Waals surface area (Å²) in [7, 11) is 0. The lowest BCUT2D eigenvalue weighted by atomic mass is 10.2. The van der Waals surface area contributed by atoms with Crippen molar-refractivity contribution in [1.29, 1.82) is 0 Å². The molecule has 2 rings (SSSR count). The van der Waals surface area contributed by atoms with E-state index in [4.69, 9.17) is 9.84 Å². The summed E-state index contributed by atoms with van der Waals surface area (Å²) in [5.41, 5.74) is -0.0411. The van der Waals surface area contributed by atoms with Crippen LogP contribution in [-0.4, -0.2) is 40.2 Å². The second-order valence-corrected chi connectivity index (χ2v) is 5.75. The van der Waals surface area contributed by atoms with E-state index in [0.717, 1.165) is 24.0 Å². The summed E-state index contributed by atoms with van der Waals surface area (Å²) in [5.74, 6) is -3.83. The van der Waals surface area contributed by atoms with E-state index >= 15 is 0 Å². The minimum Gasteiger partial charge on any atom is -0.488 e. The summed E-state index contributed by atoms with van der Waals surface area (Å²) in [4.78, 5) is 22.1. The zero-order valence-corrected chi connectivity index (χ0v) is 13.3. The highest BCUT2D eigenvalue weighted by molar-refractivity contribution is 8.15. The highest BCUT2D eigenvalue weighted by atomic mass is 32.2. The maximum absolute atomic E-state index is 14.0. The van der Waals surface area contributed by atoms with E-state index in [1.165, 1.54) is 6.07 Å². The molecule has 2 N–H and O–H groups in total. The molecule has 10 heteroatoms. The number of carbonyl (C=O) groups is 2. The van der Waals surface area contributed by atoms with Gasteiger partial charge in [0.25, 0.3) is 0 Å². The number of amides is 1. The number of hydrogen-bond acceptors (Lipinski definition) is 6. The van der Waals surface area contributed by atoms with Gasteiger partial charge in [0.05, 0.1) is 19.2 Å². The molecule has 1 heterocycles. The Morgan fingerprint density at radius 1 is 1.50 bits per heavy atom. The number of thioether (sulfide) groups is 1. The maximum atomic E-state index is 14.0. The highest BCUT2D eigenvalue weighted by Crippen LogP contribution is 2.24. The quantitative estimate of drug-likeness (QED) is 0.597. The van der Waals surface area contributed by atoms with E-state index in [-0.39, 0.29) is 23.8 Å². The summed E-state index contributed by atoms with van der Waals surface area (Å²) in [6, 6.07) is 2.21. The molecule has 0 aliphatic carbocycles. The minimum atomic E-state index is -1.11. The van der Waals surface area contributed by atoms with Crippen LogP contribution in [0.25, 0.3) is 0 Å². The molecule has 0 bridgehead atoms. The summed E-state index contributed by atoms with van der Waals surface area (Å²) in [6.07, 6.45) is 0.699. The van der Waals surface area contributed by atoms with Gasteiger partial charge in [0.15, 0.2) is 22.6 Å². The number of hydrogen-bond donors (Lipinski definition) is 2. The highest BCUT2D eigenvalue weighted by Gasteiger charge is 2.32. The lowest BCUT2D eigenvalue weighted by Crippen LogP contribution is -2.26. The van der Waals surface area contributed by atoms with Crippen LogP contribution in [0.5, 0.6) is 5.75 Å². The normalized spacial score (nSPS) is 19.0. The molecule has 0 saturated carbocycles. The van der Waals surface area contributed by atoms with Crippen molar-refractivity contribution in [2.24, 2.45) is 10.2 Å². The molecule has 1 atom stereocenters. The molecular weight excluding hydrogens is 344 g/mol. The average Bonchev–Trinajstić information content (AvgIpc) is 2.85. The van der Waals surface area contributed by atoms with Gasteiger partial charge in [-0.1, -0.05) is 11.8 Å². The number of aliphatic carboxylic acids is 1. The Morgan fingerprint density at radius 2 is 2.25 bits per heavy atom. The van der Waals surface area contributed by atoms with Crippen LogP contribution >= 0.6 is 11.8 Å². The van der Waals surface area contributed by atoms with Gasteiger partial charge in [-0.15, -0.1) is 5.10 Å². The fourth-order valence-electron chi connectivity index (χ4n) is 1.81. The van der Waals surface area contributed by atoms with Gasteiger partial charge in [0.2, 0.25) is 5.91 Å². The van der Waals surface area contributed by atoms with Gasteiger partial charge in [0.1, 0.15) is 5.25 Å². The molecule has 1 unspecified atom stereocenters. The Labute approximate surface area is 139 Å². The molecule has 1 aliphatic heterocycles. The van der Waals surface area contributed by atoms with Crippen molar-refractivity contribution < 1.29 is 28.2 Å². The first-order valence-corrected chi connectivity index (χ1v) is 7.71. The Bertz CT molecular complexity index is 724. The fourth-order valence-corrected chi connectivity index (χ4v) is 2.73. The molecule has 1 saturated heterocycles. The number of carbonyl (C=O) groups excluding carboxylic acids is 1. The number of carboxylic acids is 1. The van der Waals surface area contributed by atoms with E-state index < -0.39 is 34.5 Å². The zero-order valence-electron chi connectivity index (χ0n) is 12.5. The monoisotopic (exact) mass is 357 g/mol. The van der Waals surface area contributed by atoms with E-state index in [0.29, 0.717) is 0 Å². The summed E-state index contributed by atoms with van der Waals surface area (Å²) in [5, 5.41) is 17.7. The molecule has 1 aromatic rings. The summed E-state index contributed by atoms with van der Waals surface area (Å²) < 4.78 is 32.4. The van der Waals surface area contributed by atoms with Crippen LogP contribution in [-0.2, 0) is 9.59 Å². The smallest absolute Gasteiger partial charge is 0.305 e. The number of benzene rings is 1. The molecule has 0 aromatic heterocycles. The number of ether oxygens (including phenoxy) is 1. The molecule has 1 amide bonds. The zero-order chi connectivity index (χ0) is 17.7. The maximum Gasteiger partial charge on any atom is 0.305 e. The SMILES string of the molecule is CCOc1c(F)ccc(C=NN=C2NC(=O)C(CC(=O)O)S2)c1F. The second kappa shape index (κ2) is 7.86. The predicted molar refractivity (Wildman–Crippen MR) is 84.3 cm³/mol. The van der Waals surface area contributed by atoms with Crippen molar-refractivity contribution in [2.45, 2.75) is 18.6 Å². The van der Waals surface area contributed by atoms with Crippen molar-refractivity contribution in [1.82, 2.24) is 5.32 Å².